The smallest absolute Gasteiger partial charge is 0.0162 e. The van der Waals surface area contributed by atoms with E-state index >= 15 is 0 Å². The van der Waals surface area contributed by atoms with Crippen molar-refractivity contribution in [3.05, 3.63) is 0 Å². The summed E-state index contributed by atoms with van der Waals surface area (Å²) in [7, 11) is 0. The highest BCUT2D eigenvalue weighted by Crippen LogP contribution is 2.21. The lowest BCUT2D eigenvalue weighted by Crippen LogP contribution is -2.36. The second-order valence-electron chi connectivity index (χ2n) is 4.76. The van der Waals surface area contributed by atoms with Crippen LogP contribution in [0.4, 0.5) is 0 Å². The van der Waals surface area contributed by atoms with Crippen molar-refractivity contribution in [1.29, 1.82) is 0 Å². The zero-order valence-electron chi connectivity index (χ0n) is 9.60. The molecule has 14 heavy (non-hydrogen) atoms. The highest BCUT2D eigenvalue weighted by atomic mass is 14.9. The fourth-order valence-corrected chi connectivity index (χ4v) is 2.20. The van der Waals surface area contributed by atoms with Crippen molar-refractivity contribution in [2.45, 2.75) is 57.9 Å². The van der Waals surface area contributed by atoms with Crippen LogP contribution in [0.2, 0.25) is 0 Å². The molecule has 2 heteroatoms. The topological polar surface area (TPSA) is 38.0 Å². The zero-order chi connectivity index (χ0) is 10.2. The van der Waals surface area contributed by atoms with Gasteiger partial charge in [0.15, 0.2) is 0 Å². The first kappa shape index (κ1) is 12.0. The molecule has 0 unspecified atom stereocenters. The predicted molar refractivity (Wildman–Crippen MR) is 62.3 cm³/mol. The Morgan fingerprint density at radius 3 is 2.29 bits per heavy atom. The number of hydrogen-bond donors (Lipinski definition) is 2. The van der Waals surface area contributed by atoms with Gasteiger partial charge in [-0.25, -0.2) is 0 Å². The number of rotatable bonds is 4. The molecule has 2 nitrogen and oxygen atoms in total. The summed E-state index contributed by atoms with van der Waals surface area (Å²) >= 11 is 0. The van der Waals surface area contributed by atoms with Crippen molar-refractivity contribution in [2.75, 3.05) is 13.1 Å². The van der Waals surface area contributed by atoms with Gasteiger partial charge in [0.25, 0.3) is 0 Å². The SMILES string of the molecule is C[C@H](CN)NCC1CCCCCCC1. The fourth-order valence-electron chi connectivity index (χ4n) is 2.20. The maximum atomic E-state index is 5.58. The molecule has 0 spiro atoms. The van der Waals surface area contributed by atoms with E-state index in [1.165, 1.54) is 51.5 Å². The van der Waals surface area contributed by atoms with Gasteiger partial charge in [-0.15, -0.1) is 0 Å². The van der Waals surface area contributed by atoms with Crippen molar-refractivity contribution < 1.29 is 0 Å². The first-order chi connectivity index (χ1) is 6.83. The second kappa shape index (κ2) is 7.24. The van der Waals surface area contributed by atoms with Crippen LogP contribution < -0.4 is 11.1 Å². The third-order valence-corrected chi connectivity index (χ3v) is 3.33. The van der Waals surface area contributed by atoms with Gasteiger partial charge in [-0.05, 0) is 32.2 Å². The Hall–Kier alpha value is -0.0800. The Morgan fingerprint density at radius 1 is 1.14 bits per heavy atom. The average molecular weight is 198 g/mol. The fraction of sp³-hybridized carbons (Fsp3) is 1.00. The van der Waals surface area contributed by atoms with Crippen LogP contribution in [0.25, 0.3) is 0 Å². The first-order valence-electron chi connectivity index (χ1n) is 6.26. The summed E-state index contributed by atoms with van der Waals surface area (Å²) in [4.78, 5) is 0. The van der Waals surface area contributed by atoms with Crippen LogP contribution in [0.5, 0.6) is 0 Å². The zero-order valence-corrected chi connectivity index (χ0v) is 9.60. The number of nitrogens with two attached hydrogens (primary N) is 1. The molecule has 0 bridgehead atoms. The Labute approximate surface area is 88.6 Å². The summed E-state index contributed by atoms with van der Waals surface area (Å²) in [6.07, 6.45) is 10.1. The third kappa shape index (κ3) is 4.97. The normalized spacial score (nSPS) is 22.7. The van der Waals surface area contributed by atoms with Crippen molar-refractivity contribution in [3.8, 4) is 0 Å². The monoisotopic (exact) mass is 198 g/mol. The molecule has 1 atom stereocenters. The molecule has 84 valence electrons. The molecule has 0 amide bonds. The molecular formula is C12H26N2. The van der Waals surface area contributed by atoms with Crippen LogP contribution >= 0.6 is 0 Å². The minimum absolute atomic E-state index is 0.487. The molecule has 1 fully saturated rings. The average Bonchev–Trinajstić information content (AvgIpc) is 2.15. The quantitative estimate of drug-likeness (QED) is 0.727. The molecule has 0 heterocycles. The van der Waals surface area contributed by atoms with Crippen LogP contribution in [0, 0.1) is 5.92 Å². The standard InChI is InChI=1S/C12H26N2/c1-11(9-13)14-10-12-7-5-3-2-4-6-8-12/h11-12,14H,2-10,13H2,1H3/t11-/m1/s1. The van der Waals surface area contributed by atoms with E-state index in [4.69, 9.17) is 5.73 Å². The van der Waals surface area contributed by atoms with E-state index < -0.39 is 0 Å². The van der Waals surface area contributed by atoms with Gasteiger partial charge in [-0.1, -0.05) is 32.1 Å². The van der Waals surface area contributed by atoms with Crippen LogP contribution in [-0.4, -0.2) is 19.1 Å². The molecule has 1 aliphatic rings. The van der Waals surface area contributed by atoms with Crippen molar-refractivity contribution >= 4 is 0 Å². The molecule has 1 rings (SSSR count). The van der Waals surface area contributed by atoms with Crippen LogP contribution in [0.3, 0.4) is 0 Å². The molecular weight excluding hydrogens is 172 g/mol. The minimum Gasteiger partial charge on any atom is -0.329 e. The Morgan fingerprint density at radius 2 is 1.71 bits per heavy atom. The van der Waals surface area contributed by atoms with Crippen molar-refractivity contribution in [2.24, 2.45) is 11.7 Å². The van der Waals surface area contributed by atoms with E-state index in [2.05, 4.69) is 12.2 Å². The van der Waals surface area contributed by atoms with Gasteiger partial charge >= 0.3 is 0 Å². The van der Waals surface area contributed by atoms with Crippen LogP contribution in [0.1, 0.15) is 51.9 Å². The Kier molecular flexibility index (Phi) is 6.20. The van der Waals surface area contributed by atoms with Crippen LogP contribution in [-0.2, 0) is 0 Å². The van der Waals surface area contributed by atoms with E-state index in [1.54, 1.807) is 0 Å². The number of hydrogen-bond acceptors (Lipinski definition) is 2. The second-order valence-corrected chi connectivity index (χ2v) is 4.76. The lowest BCUT2D eigenvalue weighted by molar-refractivity contribution is 0.349. The molecule has 0 aromatic carbocycles. The van der Waals surface area contributed by atoms with E-state index in [9.17, 15) is 0 Å². The molecule has 0 radical (unpaired) electrons. The Bertz CT molecular complexity index is 128. The minimum atomic E-state index is 0.487. The van der Waals surface area contributed by atoms with E-state index in [0.29, 0.717) is 6.04 Å². The van der Waals surface area contributed by atoms with E-state index in [1.807, 2.05) is 0 Å². The molecule has 1 aliphatic carbocycles. The van der Waals surface area contributed by atoms with Gasteiger partial charge in [0.1, 0.15) is 0 Å². The maximum absolute atomic E-state index is 5.58. The molecule has 3 N–H and O–H groups in total. The summed E-state index contributed by atoms with van der Waals surface area (Å²) in [6.45, 7) is 4.11. The van der Waals surface area contributed by atoms with Gasteiger partial charge in [-0.3, -0.25) is 0 Å². The molecule has 0 aromatic heterocycles. The summed E-state index contributed by atoms with van der Waals surface area (Å²) in [5.41, 5.74) is 5.58. The van der Waals surface area contributed by atoms with Crippen molar-refractivity contribution in [3.63, 3.8) is 0 Å². The summed E-state index contributed by atoms with van der Waals surface area (Å²) in [5, 5.41) is 3.53. The van der Waals surface area contributed by atoms with E-state index in [-0.39, 0.29) is 0 Å². The van der Waals surface area contributed by atoms with Gasteiger partial charge in [-0.2, -0.15) is 0 Å². The summed E-state index contributed by atoms with van der Waals surface area (Å²) in [5.74, 6) is 0.907. The van der Waals surface area contributed by atoms with Crippen LogP contribution in [0.15, 0.2) is 0 Å². The molecule has 0 saturated heterocycles. The van der Waals surface area contributed by atoms with E-state index in [0.717, 1.165) is 12.5 Å². The van der Waals surface area contributed by atoms with Gasteiger partial charge in [0, 0.05) is 12.6 Å². The van der Waals surface area contributed by atoms with Gasteiger partial charge in [0.05, 0.1) is 0 Å². The first-order valence-corrected chi connectivity index (χ1v) is 6.26. The summed E-state index contributed by atoms with van der Waals surface area (Å²) < 4.78 is 0. The Balaban J connectivity index is 2.13. The highest BCUT2D eigenvalue weighted by Gasteiger charge is 2.11. The lowest BCUT2D eigenvalue weighted by atomic mass is 9.91. The molecule has 1 saturated carbocycles. The summed E-state index contributed by atoms with van der Waals surface area (Å²) in [6, 6.07) is 0.487. The maximum Gasteiger partial charge on any atom is 0.0162 e. The van der Waals surface area contributed by atoms with Crippen molar-refractivity contribution in [1.82, 2.24) is 5.32 Å². The predicted octanol–water partition coefficient (Wildman–Crippen LogP) is 2.28. The van der Waals surface area contributed by atoms with Gasteiger partial charge < -0.3 is 11.1 Å². The molecule has 0 aromatic rings. The highest BCUT2D eigenvalue weighted by molar-refractivity contribution is 4.69. The molecule has 0 aliphatic heterocycles. The number of nitrogens with one attached hydrogen (secondary N) is 1. The van der Waals surface area contributed by atoms with Gasteiger partial charge in [0.2, 0.25) is 0 Å². The largest absolute Gasteiger partial charge is 0.329 e. The third-order valence-electron chi connectivity index (χ3n) is 3.33. The lowest BCUT2D eigenvalue weighted by Gasteiger charge is -2.22.